The fraction of sp³-hybridized carbons (Fsp3) is 0.125. The molecule has 0 aliphatic heterocycles. The molecule has 2 N–H and O–H groups in total. The molecule has 0 bridgehead atoms. The molecule has 124 valence electrons. The van der Waals surface area contributed by atoms with E-state index in [0.29, 0.717) is 10.6 Å². The number of amides is 1. The first-order valence-corrected chi connectivity index (χ1v) is 7.27. The molecule has 0 saturated carbocycles. The highest BCUT2D eigenvalue weighted by molar-refractivity contribution is 6.30. The quantitative estimate of drug-likeness (QED) is 0.615. The first kappa shape index (κ1) is 17.4. The van der Waals surface area contributed by atoms with Gasteiger partial charge in [0.15, 0.2) is 0 Å². The Morgan fingerprint density at radius 3 is 2.46 bits per heavy atom. The Hall–Kier alpha value is -2.93. The van der Waals surface area contributed by atoms with Gasteiger partial charge in [0.05, 0.1) is 17.4 Å². The third-order valence-corrected chi connectivity index (χ3v) is 3.53. The Morgan fingerprint density at radius 1 is 1.21 bits per heavy atom. The highest BCUT2D eigenvalue weighted by Crippen LogP contribution is 2.21. The van der Waals surface area contributed by atoms with Crippen molar-refractivity contribution in [1.82, 2.24) is 5.32 Å². The molecule has 0 aromatic heterocycles. The number of nitro benzene ring substituents is 1. The van der Waals surface area contributed by atoms with Crippen LogP contribution < -0.4 is 5.32 Å². The number of nitro groups is 1. The first-order chi connectivity index (χ1) is 11.4. The Labute approximate surface area is 142 Å². The van der Waals surface area contributed by atoms with Crippen LogP contribution in [-0.4, -0.2) is 21.9 Å². The molecule has 0 spiro atoms. The van der Waals surface area contributed by atoms with Gasteiger partial charge in [-0.1, -0.05) is 29.8 Å². The summed E-state index contributed by atoms with van der Waals surface area (Å²) in [7, 11) is 0. The minimum atomic E-state index is -1.09. The third kappa shape index (κ3) is 4.53. The van der Waals surface area contributed by atoms with E-state index in [0.717, 1.165) is 6.07 Å². The molecule has 8 heteroatoms. The van der Waals surface area contributed by atoms with E-state index in [1.54, 1.807) is 24.3 Å². The van der Waals surface area contributed by atoms with E-state index in [1.165, 1.54) is 18.2 Å². The van der Waals surface area contributed by atoms with E-state index in [9.17, 15) is 19.7 Å². The Morgan fingerprint density at radius 2 is 1.88 bits per heavy atom. The number of halogens is 1. The summed E-state index contributed by atoms with van der Waals surface area (Å²) < 4.78 is 0. The van der Waals surface area contributed by atoms with Crippen molar-refractivity contribution in [2.75, 3.05) is 0 Å². The lowest BCUT2D eigenvalue weighted by molar-refractivity contribution is -0.384. The molecule has 1 amide bonds. The number of carboxylic acid groups (broad SMARTS) is 1. The molecule has 24 heavy (non-hydrogen) atoms. The minimum Gasteiger partial charge on any atom is -0.481 e. The van der Waals surface area contributed by atoms with Gasteiger partial charge < -0.3 is 10.4 Å². The summed E-state index contributed by atoms with van der Waals surface area (Å²) in [6.07, 6.45) is -0.331. The van der Waals surface area contributed by atoms with Crippen LogP contribution in [0.25, 0.3) is 0 Å². The number of benzene rings is 2. The number of nitrogens with one attached hydrogen (secondary N) is 1. The smallest absolute Gasteiger partial charge is 0.305 e. The Bertz CT molecular complexity index is 776. The molecule has 0 aliphatic rings. The van der Waals surface area contributed by atoms with Gasteiger partial charge in [0.2, 0.25) is 0 Å². The van der Waals surface area contributed by atoms with Crippen molar-refractivity contribution >= 4 is 29.2 Å². The van der Waals surface area contributed by atoms with E-state index in [2.05, 4.69) is 5.32 Å². The summed E-state index contributed by atoms with van der Waals surface area (Å²) in [5.41, 5.74) is 0.429. The van der Waals surface area contributed by atoms with Crippen molar-refractivity contribution in [1.29, 1.82) is 0 Å². The van der Waals surface area contributed by atoms with Crippen molar-refractivity contribution < 1.29 is 19.6 Å². The molecular formula is C16H13ClN2O5. The standard InChI is InChI=1S/C16H13ClN2O5/c17-12-6-4-10(5-7-12)14(9-15(20)21)18-16(22)11-2-1-3-13(8-11)19(23)24/h1-8,14H,9H2,(H,18,22)(H,20,21). The summed E-state index contributed by atoms with van der Waals surface area (Å²) in [5, 5.41) is 22.9. The van der Waals surface area contributed by atoms with Gasteiger partial charge in [-0.15, -0.1) is 0 Å². The molecule has 2 rings (SSSR count). The normalized spacial score (nSPS) is 11.5. The first-order valence-electron chi connectivity index (χ1n) is 6.89. The molecule has 0 saturated heterocycles. The maximum atomic E-state index is 12.3. The van der Waals surface area contributed by atoms with Gasteiger partial charge in [0, 0.05) is 22.7 Å². The second kappa shape index (κ2) is 7.56. The van der Waals surface area contributed by atoms with Gasteiger partial charge >= 0.3 is 5.97 Å². The average Bonchev–Trinajstić information content (AvgIpc) is 2.54. The number of hydrogen-bond donors (Lipinski definition) is 2. The van der Waals surface area contributed by atoms with Crippen LogP contribution in [0.15, 0.2) is 48.5 Å². The van der Waals surface area contributed by atoms with Crippen LogP contribution in [0.3, 0.4) is 0 Å². The van der Waals surface area contributed by atoms with Gasteiger partial charge in [0.1, 0.15) is 0 Å². The van der Waals surface area contributed by atoms with Crippen LogP contribution in [0.4, 0.5) is 5.69 Å². The number of carbonyl (C=O) groups excluding carboxylic acids is 1. The predicted molar refractivity (Wildman–Crippen MR) is 87.0 cm³/mol. The van der Waals surface area contributed by atoms with Crippen LogP contribution in [0, 0.1) is 10.1 Å². The second-order valence-electron chi connectivity index (χ2n) is 4.98. The zero-order valence-electron chi connectivity index (χ0n) is 12.3. The zero-order chi connectivity index (χ0) is 17.7. The topological polar surface area (TPSA) is 110 Å². The third-order valence-electron chi connectivity index (χ3n) is 3.28. The highest BCUT2D eigenvalue weighted by atomic mass is 35.5. The number of nitrogens with zero attached hydrogens (tertiary/aromatic N) is 1. The predicted octanol–water partition coefficient (Wildman–Crippen LogP) is 3.19. The maximum absolute atomic E-state index is 12.3. The van der Waals surface area contributed by atoms with Crippen LogP contribution in [0.1, 0.15) is 28.4 Å². The SMILES string of the molecule is O=C(O)CC(NC(=O)c1cccc([N+](=O)[O-])c1)c1ccc(Cl)cc1. The lowest BCUT2D eigenvalue weighted by Gasteiger charge is -2.17. The van der Waals surface area contributed by atoms with E-state index in [1.807, 2.05) is 0 Å². The molecule has 2 aromatic rings. The van der Waals surface area contributed by atoms with Crippen molar-refractivity contribution in [3.63, 3.8) is 0 Å². The fourth-order valence-corrected chi connectivity index (χ4v) is 2.25. The van der Waals surface area contributed by atoms with Crippen molar-refractivity contribution in [2.45, 2.75) is 12.5 Å². The molecule has 0 fully saturated rings. The second-order valence-corrected chi connectivity index (χ2v) is 5.42. The van der Waals surface area contributed by atoms with Gasteiger partial charge in [-0.25, -0.2) is 0 Å². The van der Waals surface area contributed by atoms with Crippen LogP contribution in [0.5, 0.6) is 0 Å². The molecular weight excluding hydrogens is 336 g/mol. The van der Waals surface area contributed by atoms with E-state index in [-0.39, 0.29) is 17.7 Å². The average molecular weight is 349 g/mol. The summed E-state index contributed by atoms with van der Waals surface area (Å²) in [6.45, 7) is 0. The summed E-state index contributed by atoms with van der Waals surface area (Å²) in [6, 6.07) is 10.8. The van der Waals surface area contributed by atoms with Crippen LogP contribution in [-0.2, 0) is 4.79 Å². The zero-order valence-corrected chi connectivity index (χ0v) is 13.1. The van der Waals surface area contributed by atoms with Crippen molar-refractivity contribution in [3.05, 3.63) is 74.8 Å². The number of hydrogen-bond acceptors (Lipinski definition) is 4. The number of carboxylic acids is 1. The molecule has 2 aromatic carbocycles. The van der Waals surface area contributed by atoms with Gasteiger partial charge in [-0.05, 0) is 23.8 Å². The molecule has 1 unspecified atom stereocenters. The largest absolute Gasteiger partial charge is 0.481 e. The lowest BCUT2D eigenvalue weighted by atomic mass is 10.0. The summed E-state index contributed by atoms with van der Waals surface area (Å²) >= 11 is 5.80. The van der Waals surface area contributed by atoms with E-state index in [4.69, 9.17) is 16.7 Å². The number of carbonyl (C=O) groups is 2. The maximum Gasteiger partial charge on any atom is 0.305 e. The highest BCUT2D eigenvalue weighted by Gasteiger charge is 2.20. The molecule has 0 radical (unpaired) electrons. The van der Waals surface area contributed by atoms with Gasteiger partial charge in [-0.3, -0.25) is 19.7 Å². The number of non-ortho nitro benzene ring substituents is 1. The fourth-order valence-electron chi connectivity index (χ4n) is 2.12. The minimum absolute atomic E-state index is 0.0774. The molecule has 1 atom stereocenters. The van der Waals surface area contributed by atoms with Crippen molar-refractivity contribution in [2.24, 2.45) is 0 Å². The summed E-state index contributed by atoms with van der Waals surface area (Å²) in [5.74, 6) is -1.69. The summed E-state index contributed by atoms with van der Waals surface area (Å²) in [4.78, 5) is 33.5. The van der Waals surface area contributed by atoms with E-state index < -0.39 is 22.8 Å². The number of aliphatic carboxylic acids is 1. The van der Waals surface area contributed by atoms with Gasteiger partial charge in [0.25, 0.3) is 11.6 Å². The molecule has 7 nitrogen and oxygen atoms in total. The van der Waals surface area contributed by atoms with Crippen molar-refractivity contribution in [3.8, 4) is 0 Å². The lowest BCUT2D eigenvalue weighted by Crippen LogP contribution is -2.30. The van der Waals surface area contributed by atoms with Crippen LogP contribution >= 0.6 is 11.6 Å². The van der Waals surface area contributed by atoms with Crippen LogP contribution in [0.2, 0.25) is 5.02 Å². The van der Waals surface area contributed by atoms with Gasteiger partial charge in [-0.2, -0.15) is 0 Å². The Kier molecular flexibility index (Phi) is 5.49. The molecule has 0 aliphatic carbocycles. The molecule has 0 heterocycles. The monoisotopic (exact) mass is 348 g/mol. The van der Waals surface area contributed by atoms with E-state index >= 15 is 0 Å². The number of rotatable bonds is 6. The Balaban J connectivity index is 2.24.